The van der Waals surface area contributed by atoms with Gasteiger partial charge in [0.15, 0.2) is 0 Å². The van der Waals surface area contributed by atoms with Crippen LogP contribution in [0.4, 0.5) is 4.39 Å². The van der Waals surface area contributed by atoms with Crippen molar-refractivity contribution < 1.29 is 4.39 Å². The number of aromatic nitrogens is 2. The number of nitrogens with one attached hydrogen (secondary N) is 1. The number of rotatable bonds is 4. The van der Waals surface area contributed by atoms with Gasteiger partial charge in [-0.3, -0.25) is 0 Å². The highest BCUT2D eigenvalue weighted by Gasteiger charge is 2.18. The van der Waals surface area contributed by atoms with E-state index in [1.165, 1.54) is 18.9 Å². The molecule has 0 bridgehead atoms. The Bertz CT molecular complexity index is 585. The van der Waals surface area contributed by atoms with E-state index in [1.54, 1.807) is 6.07 Å². The molecular weight excluding hydrogens is 253 g/mol. The second kappa shape index (κ2) is 5.92. The van der Waals surface area contributed by atoms with E-state index in [-0.39, 0.29) is 5.82 Å². The summed E-state index contributed by atoms with van der Waals surface area (Å²) in [6, 6.07) is 4.93. The number of benzene rings is 1. The molecule has 0 radical (unpaired) electrons. The molecule has 3 rings (SSSR count). The fourth-order valence-corrected chi connectivity index (χ4v) is 3.14. The number of aryl methyl sites for hydroxylation is 1. The molecular formula is C16H22FN3. The molecule has 1 aromatic carbocycles. The van der Waals surface area contributed by atoms with E-state index >= 15 is 0 Å². The van der Waals surface area contributed by atoms with Gasteiger partial charge in [0.25, 0.3) is 0 Å². The molecule has 1 aliphatic rings. The summed E-state index contributed by atoms with van der Waals surface area (Å²) in [5, 5.41) is 3.45. The molecule has 1 unspecified atom stereocenters. The summed E-state index contributed by atoms with van der Waals surface area (Å²) in [4.78, 5) is 4.68. The molecule has 0 amide bonds. The van der Waals surface area contributed by atoms with Gasteiger partial charge in [-0.1, -0.05) is 6.92 Å². The predicted octanol–water partition coefficient (Wildman–Crippen LogP) is 3.13. The standard InChI is InChI=1S/C16H22FN3/c1-2-8-20-15-6-5-13(17)10-14(15)19-16(20)9-12-4-3-7-18-11-12/h5-6,10,12,18H,2-4,7-9,11H2,1H3. The summed E-state index contributed by atoms with van der Waals surface area (Å²) >= 11 is 0. The zero-order valence-electron chi connectivity index (χ0n) is 12.0. The summed E-state index contributed by atoms with van der Waals surface area (Å²) in [6.07, 6.45) is 4.56. The largest absolute Gasteiger partial charge is 0.328 e. The SMILES string of the molecule is CCCn1c(CC2CCCNC2)nc2cc(F)ccc21. The number of nitrogens with zero attached hydrogens (tertiary/aromatic N) is 2. The molecule has 0 aliphatic carbocycles. The summed E-state index contributed by atoms with van der Waals surface area (Å²) in [7, 11) is 0. The Balaban J connectivity index is 1.93. The van der Waals surface area contributed by atoms with Crippen LogP contribution in [-0.2, 0) is 13.0 Å². The summed E-state index contributed by atoms with van der Waals surface area (Å²) in [5.74, 6) is 1.56. The summed E-state index contributed by atoms with van der Waals surface area (Å²) in [6.45, 7) is 5.33. The lowest BCUT2D eigenvalue weighted by atomic mass is 9.96. The first-order chi connectivity index (χ1) is 9.78. The molecule has 2 heterocycles. The molecule has 1 aromatic heterocycles. The van der Waals surface area contributed by atoms with Gasteiger partial charge in [-0.15, -0.1) is 0 Å². The highest BCUT2D eigenvalue weighted by molar-refractivity contribution is 5.76. The van der Waals surface area contributed by atoms with Crippen molar-refractivity contribution >= 4 is 11.0 Å². The Morgan fingerprint density at radius 3 is 3.10 bits per heavy atom. The number of hydrogen-bond donors (Lipinski definition) is 1. The third-order valence-electron chi connectivity index (χ3n) is 4.11. The van der Waals surface area contributed by atoms with Crippen LogP contribution in [0.15, 0.2) is 18.2 Å². The lowest BCUT2D eigenvalue weighted by Gasteiger charge is -2.22. The topological polar surface area (TPSA) is 29.9 Å². The van der Waals surface area contributed by atoms with Gasteiger partial charge < -0.3 is 9.88 Å². The van der Waals surface area contributed by atoms with Crippen LogP contribution in [0.1, 0.15) is 32.0 Å². The highest BCUT2D eigenvalue weighted by Crippen LogP contribution is 2.22. The molecule has 1 saturated heterocycles. The quantitative estimate of drug-likeness (QED) is 0.929. The Hall–Kier alpha value is -1.42. The van der Waals surface area contributed by atoms with E-state index in [9.17, 15) is 4.39 Å². The van der Waals surface area contributed by atoms with Gasteiger partial charge in [-0.25, -0.2) is 9.37 Å². The average molecular weight is 275 g/mol. The lowest BCUT2D eigenvalue weighted by Crippen LogP contribution is -2.31. The smallest absolute Gasteiger partial charge is 0.125 e. The maximum Gasteiger partial charge on any atom is 0.125 e. The third-order valence-corrected chi connectivity index (χ3v) is 4.11. The van der Waals surface area contributed by atoms with Crippen LogP contribution in [0.3, 0.4) is 0 Å². The molecule has 1 aliphatic heterocycles. The van der Waals surface area contributed by atoms with Crippen LogP contribution < -0.4 is 5.32 Å². The number of hydrogen-bond acceptors (Lipinski definition) is 2. The minimum Gasteiger partial charge on any atom is -0.328 e. The maximum absolute atomic E-state index is 13.4. The molecule has 108 valence electrons. The number of fused-ring (bicyclic) bond motifs is 1. The lowest BCUT2D eigenvalue weighted by molar-refractivity contribution is 0.366. The Labute approximate surface area is 119 Å². The van der Waals surface area contributed by atoms with Gasteiger partial charge in [0.05, 0.1) is 11.0 Å². The number of imidazole rings is 1. The molecule has 20 heavy (non-hydrogen) atoms. The zero-order chi connectivity index (χ0) is 13.9. The van der Waals surface area contributed by atoms with Crippen LogP contribution in [0, 0.1) is 11.7 Å². The Morgan fingerprint density at radius 1 is 1.45 bits per heavy atom. The van der Waals surface area contributed by atoms with Crippen LogP contribution in [0.5, 0.6) is 0 Å². The minimum absolute atomic E-state index is 0.204. The predicted molar refractivity (Wildman–Crippen MR) is 79.3 cm³/mol. The van der Waals surface area contributed by atoms with E-state index in [4.69, 9.17) is 0 Å². The van der Waals surface area contributed by atoms with Gasteiger partial charge in [0, 0.05) is 19.0 Å². The second-order valence-corrected chi connectivity index (χ2v) is 5.73. The molecule has 0 spiro atoms. The first-order valence-corrected chi connectivity index (χ1v) is 7.63. The maximum atomic E-state index is 13.4. The highest BCUT2D eigenvalue weighted by atomic mass is 19.1. The molecule has 2 aromatic rings. The third kappa shape index (κ3) is 2.70. The molecule has 3 nitrogen and oxygen atoms in total. The summed E-state index contributed by atoms with van der Waals surface area (Å²) < 4.78 is 15.6. The first-order valence-electron chi connectivity index (χ1n) is 7.63. The molecule has 1 atom stereocenters. The van der Waals surface area contributed by atoms with E-state index in [0.717, 1.165) is 49.3 Å². The van der Waals surface area contributed by atoms with Crippen molar-refractivity contribution in [2.45, 2.75) is 39.2 Å². The molecule has 1 N–H and O–H groups in total. The van der Waals surface area contributed by atoms with Crippen LogP contribution in [-0.4, -0.2) is 22.6 Å². The van der Waals surface area contributed by atoms with Crippen molar-refractivity contribution in [1.29, 1.82) is 0 Å². The van der Waals surface area contributed by atoms with Crippen molar-refractivity contribution in [2.24, 2.45) is 5.92 Å². The first kappa shape index (κ1) is 13.6. The van der Waals surface area contributed by atoms with E-state index in [0.29, 0.717) is 5.92 Å². The van der Waals surface area contributed by atoms with Gasteiger partial charge in [0.2, 0.25) is 0 Å². The Kier molecular flexibility index (Phi) is 4.01. The van der Waals surface area contributed by atoms with Gasteiger partial charge >= 0.3 is 0 Å². The van der Waals surface area contributed by atoms with Crippen LogP contribution >= 0.6 is 0 Å². The van der Waals surface area contributed by atoms with E-state index < -0.39 is 0 Å². The fraction of sp³-hybridized carbons (Fsp3) is 0.562. The number of piperidine rings is 1. The fourth-order valence-electron chi connectivity index (χ4n) is 3.14. The van der Waals surface area contributed by atoms with Gasteiger partial charge in [-0.05, 0) is 50.4 Å². The Morgan fingerprint density at radius 2 is 2.35 bits per heavy atom. The van der Waals surface area contributed by atoms with Gasteiger partial charge in [0.1, 0.15) is 11.6 Å². The van der Waals surface area contributed by atoms with Crippen molar-refractivity contribution in [3.8, 4) is 0 Å². The average Bonchev–Trinajstić information content (AvgIpc) is 2.77. The molecule has 4 heteroatoms. The van der Waals surface area contributed by atoms with Crippen LogP contribution in [0.25, 0.3) is 11.0 Å². The van der Waals surface area contributed by atoms with Gasteiger partial charge in [-0.2, -0.15) is 0 Å². The monoisotopic (exact) mass is 275 g/mol. The normalized spacial score (nSPS) is 19.6. The van der Waals surface area contributed by atoms with Crippen molar-refractivity contribution in [2.75, 3.05) is 13.1 Å². The van der Waals surface area contributed by atoms with Crippen molar-refractivity contribution in [3.05, 3.63) is 29.8 Å². The van der Waals surface area contributed by atoms with Crippen molar-refractivity contribution in [3.63, 3.8) is 0 Å². The zero-order valence-corrected chi connectivity index (χ0v) is 12.0. The summed E-state index contributed by atoms with van der Waals surface area (Å²) in [5.41, 5.74) is 1.85. The van der Waals surface area contributed by atoms with E-state index in [1.807, 2.05) is 6.07 Å². The van der Waals surface area contributed by atoms with E-state index in [2.05, 4.69) is 21.8 Å². The number of halogens is 1. The molecule has 0 saturated carbocycles. The molecule has 1 fully saturated rings. The minimum atomic E-state index is -0.204. The second-order valence-electron chi connectivity index (χ2n) is 5.73. The van der Waals surface area contributed by atoms with Crippen molar-refractivity contribution in [1.82, 2.24) is 14.9 Å². The van der Waals surface area contributed by atoms with Crippen LogP contribution in [0.2, 0.25) is 0 Å².